The third-order valence-electron chi connectivity index (χ3n) is 2.84. The molecule has 2 aromatic rings. The molecule has 0 unspecified atom stereocenters. The van der Waals surface area contributed by atoms with Crippen LogP contribution in [0.5, 0.6) is 11.5 Å². The van der Waals surface area contributed by atoms with Gasteiger partial charge in [0, 0.05) is 5.56 Å². The van der Waals surface area contributed by atoms with Crippen LogP contribution >= 0.6 is 12.2 Å². The molecule has 0 radical (unpaired) electrons. The van der Waals surface area contributed by atoms with Crippen LogP contribution in [-0.4, -0.2) is 34.8 Å². The number of H-pyrrole nitrogens is 1. The van der Waals surface area contributed by atoms with E-state index in [0.29, 0.717) is 23.7 Å². The van der Waals surface area contributed by atoms with Crippen molar-refractivity contribution in [2.24, 2.45) is 5.10 Å². The van der Waals surface area contributed by atoms with Crippen molar-refractivity contribution in [3.8, 4) is 11.5 Å². The second-order valence-corrected chi connectivity index (χ2v) is 4.67. The van der Waals surface area contributed by atoms with E-state index in [1.165, 1.54) is 6.21 Å². The molecule has 2 rings (SSSR count). The van der Waals surface area contributed by atoms with Crippen LogP contribution in [0.1, 0.15) is 18.2 Å². The molecule has 0 saturated carbocycles. The third kappa shape index (κ3) is 3.22. The Labute approximate surface area is 132 Å². The highest BCUT2D eigenvalue weighted by atomic mass is 32.1. The van der Waals surface area contributed by atoms with Crippen LogP contribution in [0, 0.1) is 11.7 Å². The SMILES string of the molecule is CCOc1cccc(/C=N\n2c(=S)[nH]nc(C)c2=O)c1OC. The zero-order valence-electron chi connectivity index (χ0n) is 12.5. The Balaban J connectivity index is 2.48. The van der Waals surface area contributed by atoms with Crippen molar-refractivity contribution in [2.75, 3.05) is 13.7 Å². The molecule has 1 aromatic carbocycles. The molecule has 0 aliphatic heterocycles. The largest absolute Gasteiger partial charge is 0.492 e. The number of nitrogens with zero attached hydrogens (tertiary/aromatic N) is 3. The van der Waals surface area contributed by atoms with Crippen LogP contribution < -0.4 is 15.0 Å². The minimum absolute atomic E-state index is 0.117. The monoisotopic (exact) mass is 320 g/mol. The molecule has 1 N–H and O–H groups in total. The van der Waals surface area contributed by atoms with Gasteiger partial charge in [0.2, 0.25) is 4.77 Å². The Morgan fingerprint density at radius 1 is 1.50 bits per heavy atom. The number of methoxy groups -OCH3 is 1. The third-order valence-corrected chi connectivity index (χ3v) is 3.10. The molecule has 116 valence electrons. The van der Waals surface area contributed by atoms with Crippen molar-refractivity contribution in [1.29, 1.82) is 0 Å². The van der Waals surface area contributed by atoms with Gasteiger partial charge in [-0.1, -0.05) is 6.07 Å². The van der Waals surface area contributed by atoms with Crippen LogP contribution in [-0.2, 0) is 0 Å². The van der Waals surface area contributed by atoms with Gasteiger partial charge in [0.05, 0.1) is 19.9 Å². The first-order valence-corrected chi connectivity index (χ1v) is 7.01. The molecule has 0 fully saturated rings. The first-order valence-electron chi connectivity index (χ1n) is 6.61. The van der Waals surface area contributed by atoms with E-state index < -0.39 is 0 Å². The molecule has 1 heterocycles. The number of aryl methyl sites for hydroxylation is 1. The van der Waals surface area contributed by atoms with E-state index in [4.69, 9.17) is 21.7 Å². The number of ether oxygens (including phenoxy) is 2. The molecule has 0 aliphatic rings. The number of hydrogen-bond donors (Lipinski definition) is 1. The van der Waals surface area contributed by atoms with Gasteiger partial charge in [0.15, 0.2) is 11.5 Å². The average Bonchev–Trinajstić information content (AvgIpc) is 2.51. The molecule has 7 nitrogen and oxygen atoms in total. The number of hydrogen-bond acceptors (Lipinski definition) is 6. The van der Waals surface area contributed by atoms with Crippen molar-refractivity contribution in [3.05, 3.63) is 44.6 Å². The van der Waals surface area contributed by atoms with Gasteiger partial charge in [-0.05, 0) is 38.2 Å². The van der Waals surface area contributed by atoms with E-state index in [-0.39, 0.29) is 16.0 Å². The summed E-state index contributed by atoms with van der Waals surface area (Å²) in [5.41, 5.74) is 0.574. The van der Waals surface area contributed by atoms with Crippen LogP contribution in [0.25, 0.3) is 0 Å². The average molecular weight is 320 g/mol. The topological polar surface area (TPSA) is 81.5 Å². The summed E-state index contributed by atoms with van der Waals surface area (Å²) in [7, 11) is 1.55. The zero-order chi connectivity index (χ0) is 16.1. The van der Waals surface area contributed by atoms with Crippen molar-refractivity contribution < 1.29 is 9.47 Å². The van der Waals surface area contributed by atoms with Crippen molar-refractivity contribution in [1.82, 2.24) is 14.9 Å². The number of benzene rings is 1. The van der Waals surface area contributed by atoms with Crippen LogP contribution in [0.15, 0.2) is 28.1 Å². The first kappa shape index (κ1) is 15.9. The second kappa shape index (κ2) is 6.99. The van der Waals surface area contributed by atoms with Crippen LogP contribution in [0.3, 0.4) is 0 Å². The maximum atomic E-state index is 12.0. The molecule has 0 bridgehead atoms. The van der Waals surface area contributed by atoms with Crippen molar-refractivity contribution >= 4 is 18.4 Å². The fraction of sp³-hybridized carbons (Fsp3) is 0.286. The van der Waals surface area contributed by atoms with E-state index in [1.54, 1.807) is 26.2 Å². The van der Waals surface area contributed by atoms with Gasteiger partial charge in [-0.3, -0.25) is 9.89 Å². The number of rotatable bonds is 5. The standard InChI is InChI=1S/C14H16N4O3S/c1-4-21-11-7-5-6-10(12(11)20-3)8-15-18-13(19)9(2)16-17-14(18)22/h5-8H,4H2,1-3H3,(H,17,22)/b15-8-. The molecule has 8 heteroatoms. The lowest BCUT2D eigenvalue weighted by molar-refractivity contribution is 0.310. The van der Waals surface area contributed by atoms with Gasteiger partial charge >= 0.3 is 0 Å². The minimum atomic E-state index is -0.375. The summed E-state index contributed by atoms with van der Waals surface area (Å²) >= 11 is 5.02. The molecule has 0 atom stereocenters. The molecule has 0 amide bonds. The van der Waals surface area contributed by atoms with Crippen LogP contribution in [0.4, 0.5) is 0 Å². The Hall–Kier alpha value is -2.48. The highest BCUT2D eigenvalue weighted by Gasteiger charge is 2.08. The maximum absolute atomic E-state index is 12.0. The smallest absolute Gasteiger partial charge is 0.296 e. The fourth-order valence-electron chi connectivity index (χ4n) is 1.82. The summed E-state index contributed by atoms with van der Waals surface area (Å²) < 4.78 is 12.0. The Bertz CT molecular complexity index is 810. The Morgan fingerprint density at radius 2 is 2.27 bits per heavy atom. The lowest BCUT2D eigenvalue weighted by Crippen LogP contribution is -2.22. The van der Waals surface area contributed by atoms with E-state index in [9.17, 15) is 4.79 Å². The number of aromatic amines is 1. The van der Waals surface area contributed by atoms with Gasteiger partial charge in [-0.15, -0.1) is 0 Å². The van der Waals surface area contributed by atoms with Gasteiger partial charge < -0.3 is 9.47 Å². The second-order valence-electron chi connectivity index (χ2n) is 4.29. The molecule has 0 aliphatic carbocycles. The van der Waals surface area contributed by atoms with Gasteiger partial charge in [0.25, 0.3) is 5.56 Å². The van der Waals surface area contributed by atoms with E-state index >= 15 is 0 Å². The number of nitrogens with one attached hydrogen (secondary N) is 1. The molecule has 0 saturated heterocycles. The molecule has 1 aromatic heterocycles. The van der Waals surface area contributed by atoms with E-state index in [0.717, 1.165) is 4.68 Å². The molecular formula is C14H16N4O3S. The number of aromatic nitrogens is 3. The lowest BCUT2D eigenvalue weighted by atomic mass is 10.2. The summed E-state index contributed by atoms with van der Waals surface area (Å²) in [4.78, 5) is 12.0. The number of para-hydroxylation sites is 1. The first-order chi connectivity index (χ1) is 10.6. The summed E-state index contributed by atoms with van der Waals surface area (Å²) in [6.45, 7) is 3.99. The zero-order valence-corrected chi connectivity index (χ0v) is 13.3. The molecule has 0 spiro atoms. The predicted octanol–water partition coefficient (Wildman–Crippen LogP) is 1.90. The highest BCUT2D eigenvalue weighted by molar-refractivity contribution is 7.71. The normalized spacial score (nSPS) is 10.9. The van der Waals surface area contributed by atoms with Gasteiger partial charge in [0.1, 0.15) is 5.69 Å². The van der Waals surface area contributed by atoms with E-state index in [1.807, 2.05) is 13.0 Å². The summed E-state index contributed by atoms with van der Waals surface area (Å²) in [5.74, 6) is 1.15. The Kier molecular flexibility index (Phi) is 5.05. The summed E-state index contributed by atoms with van der Waals surface area (Å²) in [6.07, 6.45) is 1.49. The maximum Gasteiger partial charge on any atom is 0.296 e. The predicted molar refractivity (Wildman–Crippen MR) is 85.6 cm³/mol. The molecule has 22 heavy (non-hydrogen) atoms. The summed E-state index contributed by atoms with van der Waals surface area (Å²) in [6, 6.07) is 5.42. The minimum Gasteiger partial charge on any atom is -0.492 e. The lowest BCUT2D eigenvalue weighted by Gasteiger charge is -2.11. The fourth-order valence-corrected chi connectivity index (χ4v) is 1.99. The quantitative estimate of drug-likeness (QED) is 0.672. The molecular weight excluding hydrogens is 304 g/mol. The van der Waals surface area contributed by atoms with Gasteiger partial charge in [-0.2, -0.15) is 14.9 Å². The van der Waals surface area contributed by atoms with Crippen molar-refractivity contribution in [3.63, 3.8) is 0 Å². The summed E-state index contributed by atoms with van der Waals surface area (Å²) in [5, 5.41) is 10.5. The van der Waals surface area contributed by atoms with Crippen LogP contribution in [0.2, 0.25) is 0 Å². The van der Waals surface area contributed by atoms with E-state index in [2.05, 4.69) is 15.3 Å². The van der Waals surface area contributed by atoms with Crippen molar-refractivity contribution in [2.45, 2.75) is 13.8 Å². The van der Waals surface area contributed by atoms with Gasteiger partial charge in [-0.25, -0.2) is 0 Å². The highest BCUT2D eigenvalue weighted by Crippen LogP contribution is 2.29. The Morgan fingerprint density at radius 3 is 2.95 bits per heavy atom.